The minimum Gasteiger partial charge on any atom is -0.377 e. The summed E-state index contributed by atoms with van der Waals surface area (Å²) in [5, 5.41) is 2.89. The third-order valence-electron chi connectivity index (χ3n) is 3.43. The van der Waals surface area contributed by atoms with Gasteiger partial charge >= 0.3 is 0 Å². The Kier molecular flexibility index (Phi) is 5.89. The second-order valence-electron chi connectivity index (χ2n) is 4.91. The van der Waals surface area contributed by atoms with Crippen molar-refractivity contribution in [3.05, 3.63) is 0 Å². The lowest BCUT2D eigenvalue weighted by Crippen LogP contribution is -2.43. The van der Waals surface area contributed by atoms with E-state index in [1.54, 1.807) is 6.92 Å². The van der Waals surface area contributed by atoms with E-state index >= 15 is 0 Å². The molecular weight excluding hydrogens is 238 g/mol. The maximum atomic E-state index is 12.2. The monoisotopic (exact) mass is 263 g/mol. The fourth-order valence-corrected chi connectivity index (χ4v) is 3.84. The molecule has 1 N–H and O–H groups in total. The van der Waals surface area contributed by atoms with Crippen LogP contribution in [-0.4, -0.2) is 44.7 Å². The highest BCUT2D eigenvalue weighted by Crippen LogP contribution is 2.17. The maximum absolute atomic E-state index is 12.2. The lowest BCUT2D eigenvalue weighted by atomic mass is 10.2. The molecule has 0 spiro atoms. The Morgan fingerprint density at radius 1 is 1.41 bits per heavy atom. The van der Waals surface area contributed by atoms with E-state index in [0.29, 0.717) is 6.61 Å². The molecule has 3 atom stereocenters. The normalized spacial score (nSPS) is 24.8. The molecule has 1 saturated heterocycles. The summed E-state index contributed by atoms with van der Waals surface area (Å²) in [6.45, 7) is 7.37. The Balaban J connectivity index is 2.49. The Labute approximate surface area is 105 Å². The van der Waals surface area contributed by atoms with E-state index in [0.717, 1.165) is 25.8 Å². The first-order valence-corrected chi connectivity index (χ1v) is 8.25. The van der Waals surface area contributed by atoms with Gasteiger partial charge in [0.15, 0.2) is 9.84 Å². The van der Waals surface area contributed by atoms with Crippen molar-refractivity contribution in [2.45, 2.75) is 57.4 Å². The average molecular weight is 263 g/mol. The second kappa shape index (κ2) is 6.71. The van der Waals surface area contributed by atoms with E-state index in [2.05, 4.69) is 12.2 Å². The molecule has 1 aliphatic rings. The first-order chi connectivity index (χ1) is 7.97. The van der Waals surface area contributed by atoms with Gasteiger partial charge in [0.2, 0.25) is 0 Å². The van der Waals surface area contributed by atoms with Crippen LogP contribution in [0.3, 0.4) is 0 Å². The largest absolute Gasteiger partial charge is 0.377 e. The zero-order valence-corrected chi connectivity index (χ0v) is 11.9. The van der Waals surface area contributed by atoms with Gasteiger partial charge in [0.05, 0.1) is 17.1 Å². The molecule has 4 nitrogen and oxygen atoms in total. The summed E-state index contributed by atoms with van der Waals surface area (Å²) in [7, 11) is -3.06. The van der Waals surface area contributed by atoms with Crippen molar-refractivity contribution in [1.29, 1.82) is 0 Å². The smallest absolute Gasteiger partial charge is 0.156 e. The van der Waals surface area contributed by atoms with Crippen LogP contribution in [0.2, 0.25) is 0 Å². The van der Waals surface area contributed by atoms with E-state index in [9.17, 15) is 8.42 Å². The molecule has 5 heteroatoms. The van der Waals surface area contributed by atoms with Gasteiger partial charge in [-0.15, -0.1) is 0 Å². The number of nitrogens with one attached hydrogen (secondary N) is 1. The van der Waals surface area contributed by atoms with Crippen LogP contribution in [0.15, 0.2) is 0 Å². The van der Waals surface area contributed by atoms with Crippen molar-refractivity contribution in [2.24, 2.45) is 0 Å². The van der Waals surface area contributed by atoms with E-state index in [1.165, 1.54) is 0 Å². The summed E-state index contributed by atoms with van der Waals surface area (Å²) in [5.41, 5.74) is 0. The first kappa shape index (κ1) is 14.9. The van der Waals surface area contributed by atoms with Gasteiger partial charge in [0.25, 0.3) is 0 Å². The zero-order valence-electron chi connectivity index (χ0n) is 11.1. The van der Waals surface area contributed by atoms with Crippen LogP contribution in [0.5, 0.6) is 0 Å². The third-order valence-corrected chi connectivity index (χ3v) is 5.81. The molecule has 0 aliphatic carbocycles. The van der Waals surface area contributed by atoms with Crippen molar-refractivity contribution in [2.75, 3.05) is 18.9 Å². The highest BCUT2D eigenvalue weighted by Gasteiger charge is 2.30. The molecule has 102 valence electrons. The van der Waals surface area contributed by atoms with Gasteiger partial charge in [0, 0.05) is 12.6 Å². The van der Waals surface area contributed by atoms with Crippen molar-refractivity contribution < 1.29 is 13.2 Å². The second-order valence-corrected chi connectivity index (χ2v) is 7.32. The molecule has 0 saturated carbocycles. The predicted molar refractivity (Wildman–Crippen MR) is 70.0 cm³/mol. The molecule has 1 aliphatic heterocycles. The van der Waals surface area contributed by atoms with Crippen molar-refractivity contribution >= 4 is 9.84 Å². The fraction of sp³-hybridized carbons (Fsp3) is 1.00. The molecule has 0 aromatic rings. The number of ether oxygens (including phenoxy) is 1. The number of hydrogen-bond donors (Lipinski definition) is 1. The topological polar surface area (TPSA) is 55.4 Å². The van der Waals surface area contributed by atoms with Crippen LogP contribution in [-0.2, 0) is 14.6 Å². The van der Waals surface area contributed by atoms with Gasteiger partial charge < -0.3 is 10.1 Å². The summed E-state index contributed by atoms with van der Waals surface area (Å²) in [6, 6.07) is 0.00125. The molecule has 0 aromatic carbocycles. The van der Waals surface area contributed by atoms with Gasteiger partial charge in [-0.3, -0.25) is 0 Å². The average Bonchev–Trinajstić information content (AvgIpc) is 2.76. The Bertz CT molecular complexity index is 310. The van der Waals surface area contributed by atoms with Crippen LogP contribution in [0.25, 0.3) is 0 Å². The van der Waals surface area contributed by atoms with Crippen molar-refractivity contribution in [1.82, 2.24) is 5.32 Å². The minimum absolute atomic E-state index is 0.00125. The van der Waals surface area contributed by atoms with Gasteiger partial charge in [-0.05, 0) is 39.7 Å². The summed E-state index contributed by atoms with van der Waals surface area (Å²) in [4.78, 5) is 0. The van der Waals surface area contributed by atoms with Crippen molar-refractivity contribution in [3.63, 3.8) is 0 Å². The Morgan fingerprint density at radius 3 is 2.65 bits per heavy atom. The summed E-state index contributed by atoms with van der Waals surface area (Å²) in [6.07, 6.45) is 2.80. The number of rotatable bonds is 7. The molecule has 0 amide bonds. The van der Waals surface area contributed by atoms with E-state index in [4.69, 9.17) is 4.74 Å². The van der Waals surface area contributed by atoms with Crippen LogP contribution in [0.1, 0.15) is 40.0 Å². The lowest BCUT2D eigenvalue weighted by molar-refractivity contribution is 0.127. The van der Waals surface area contributed by atoms with Crippen LogP contribution in [0.4, 0.5) is 0 Å². The fourth-order valence-electron chi connectivity index (χ4n) is 2.04. The molecule has 0 aromatic heterocycles. The molecular formula is C12H25NO3S. The van der Waals surface area contributed by atoms with Crippen molar-refractivity contribution in [3.8, 4) is 0 Å². The molecule has 17 heavy (non-hydrogen) atoms. The molecule has 1 fully saturated rings. The van der Waals surface area contributed by atoms with Gasteiger partial charge in [0.1, 0.15) is 0 Å². The standard InChI is InChI=1S/C12H25NO3S/c1-4-7-13-10(2)11(3)17(14,15)9-12-6-5-8-16-12/h10-13H,4-9H2,1-3H3. The first-order valence-electron chi connectivity index (χ1n) is 6.54. The van der Waals surface area contributed by atoms with E-state index < -0.39 is 9.84 Å². The molecule has 0 bridgehead atoms. The van der Waals surface area contributed by atoms with E-state index in [1.807, 2.05) is 6.92 Å². The molecule has 3 unspecified atom stereocenters. The molecule has 1 heterocycles. The van der Waals surface area contributed by atoms with Gasteiger partial charge in [-0.25, -0.2) is 8.42 Å². The minimum atomic E-state index is -3.06. The zero-order chi connectivity index (χ0) is 12.9. The number of hydrogen-bond acceptors (Lipinski definition) is 4. The van der Waals surface area contributed by atoms with Crippen LogP contribution < -0.4 is 5.32 Å². The quantitative estimate of drug-likeness (QED) is 0.753. The van der Waals surface area contributed by atoms with Gasteiger partial charge in [-0.1, -0.05) is 6.92 Å². The highest BCUT2D eigenvalue weighted by atomic mass is 32.2. The summed E-state index contributed by atoms with van der Waals surface area (Å²) < 4.78 is 29.7. The third kappa shape index (κ3) is 4.56. The Hall–Kier alpha value is -0.130. The van der Waals surface area contributed by atoms with Crippen LogP contribution in [0, 0.1) is 0 Å². The van der Waals surface area contributed by atoms with E-state index in [-0.39, 0.29) is 23.1 Å². The maximum Gasteiger partial charge on any atom is 0.156 e. The predicted octanol–water partition coefficient (Wildman–Crippen LogP) is 1.36. The molecule has 0 radical (unpaired) electrons. The molecule has 1 rings (SSSR count). The lowest BCUT2D eigenvalue weighted by Gasteiger charge is -2.22. The summed E-state index contributed by atoms with van der Waals surface area (Å²) in [5.74, 6) is 0.173. The summed E-state index contributed by atoms with van der Waals surface area (Å²) >= 11 is 0. The Morgan fingerprint density at radius 2 is 2.12 bits per heavy atom. The van der Waals surface area contributed by atoms with Crippen LogP contribution >= 0.6 is 0 Å². The number of sulfone groups is 1. The van der Waals surface area contributed by atoms with Gasteiger partial charge in [-0.2, -0.15) is 0 Å². The SMILES string of the molecule is CCCNC(C)C(C)S(=O)(=O)CC1CCCO1. The highest BCUT2D eigenvalue weighted by molar-refractivity contribution is 7.92.